The number of para-hydroxylation sites is 2. The van der Waals surface area contributed by atoms with Crippen molar-refractivity contribution < 1.29 is 22.7 Å². The van der Waals surface area contributed by atoms with E-state index in [0.29, 0.717) is 40.0 Å². The third-order valence-electron chi connectivity index (χ3n) is 6.82. The second-order valence-corrected chi connectivity index (χ2v) is 13.5. The fourth-order valence-electron chi connectivity index (χ4n) is 4.63. The van der Waals surface area contributed by atoms with E-state index in [1.165, 1.54) is 16.3 Å². The van der Waals surface area contributed by atoms with Crippen LogP contribution >= 0.6 is 23.2 Å². The Kier molecular flexibility index (Phi) is 12.7. The first-order valence-corrected chi connectivity index (χ1v) is 16.7. The van der Waals surface area contributed by atoms with Crippen LogP contribution in [0.2, 0.25) is 10.0 Å². The zero-order valence-electron chi connectivity index (χ0n) is 24.9. The summed E-state index contributed by atoms with van der Waals surface area (Å²) < 4.78 is 32.1. The number of halogens is 2. The van der Waals surface area contributed by atoms with E-state index in [4.69, 9.17) is 27.9 Å². The van der Waals surface area contributed by atoms with Gasteiger partial charge in [-0.25, -0.2) is 8.42 Å². The maximum atomic E-state index is 14.0. The number of hydrogen-bond acceptors (Lipinski definition) is 5. The summed E-state index contributed by atoms with van der Waals surface area (Å²) in [6, 6.07) is 20.5. The van der Waals surface area contributed by atoms with Crippen molar-refractivity contribution in [3.05, 3.63) is 94.0 Å². The molecule has 232 valence electrons. The molecule has 0 aromatic heterocycles. The van der Waals surface area contributed by atoms with Gasteiger partial charge in [-0.15, -0.1) is 0 Å². The van der Waals surface area contributed by atoms with Gasteiger partial charge in [-0.3, -0.25) is 13.9 Å². The summed E-state index contributed by atoms with van der Waals surface area (Å²) in [7, 11) is -2.21. The summed E-state index contributed by atoms with van der Waals surface area (Å²) in [4.78, 5) is 29.1. The Morgan fingerprint density at radius 3 is 2.28 bits per heavy atom. The van der Waals surface area contributed by atoms with E-state index in [-0.39, 0.29) is 43.7 Å². The molecule has 3 rings (SSSR count). The number of benzene rings is 3. The minimum atomic E-state index is -3.68. The summed E-state index contributed by atoms with van der Waals surface area (Å²) >= 11 is 12.6. The molecule has 11 heteroatoms. The molecule has 0 aliphatic carbocycles. The minimum absolute atomic E-state index is 0.00483. The fourth-order valence-corrected chi connectivity index (χ4v) is 6.07. The Morgan fingerprint density at radius 2 is 1.65 bits per heavy atom. The van der Waals surface area contributed by atoms with Gasteiger partial charge in [-0.1, -0.05) is 85.6 Å². The van der Waals surface area contributed by atoms with Crippen molar-refractivity contribution in [2.75, 3.05) is 30.8 Å². The van der Waals surface area contributed by atoms with Crippen LogP contribution in [0.4, 0.5) is 5.69 Å². The third kappa shape index (κ3) is 10.2. The first kappa shape index (κ1) is 34.2. The molecule has 0 heterocycles. The van der Waals surface area contributed by atoms with Crippen molar-refractivity contribution in [2.24, 2.45) is 5.92 Å². The number of hydrogen-bond donors (Lipinski definition) is 1. The summed E-state index contributed by atoms with van der Waals surface area (Å²) in [6.45, 7) is 4.57. The average molecular weight is 649 g/mol. The highest BCUT2D eigenvalue weighted by molar-refractivity contribution is 7.92. The van der Waals surface area contributed by atoms with E-state index >= 15 is 0 Å². The molecule has 43 heavy (non-hydrogen) atoms. The highest BCUT2D eigenvalue weighted by atomic mass is 35.5. The van der Waals surface area contributed by atoms with Crippen molar-refractivity contribution in [1.82, 2.24) is 10.2 Å². The van der Waals surface area contributed by atoms with Crippen LogP contribution in [0.15, 0.2) is 72.8 Å². The van der Waals surface area contributed by atoms with E-state index < -0.39 is 16.1 Å². The number of anilines is 1. The Labute approximate surface area is 265 Å². The highest BCUT2D eigenvalue weighted by Crippen LogP contribution is 2.30. The molecule has 0 aliphatic rings. The largest absolute Gasteiger partial charge is 0.495 e. The topological polar surface area (TPSA) is 96.0 Å². The lowest BCUT2D eigenvalue weighted by Gasteiger charge is -2.32. The summed E-state index contributed by atoms with van der Waals surface area (Å²) in [5.74, 6) is 0.0408. The van der Waals surface area contributed by atoms with Crippen LogP contribution in [0.5, 0.6) is 5.75 Å². The predicted octanol–water partition coefficient (Wildman–Crippen LogP) is 5.96. The molecule has 1 unspecified atom stereocenters. The Balaban J connectivity index is 1.92. The molecule has 3 aromatic carbocycles. The second-order valence-electron chi connectivity index (χ2n) is 10.7. The van der Waals surface area contributed by atoms with E-state index in [2.05, 4.69) is 5.32 Å². The SMILES string of the molecule is COc1ccccc1N(CCCC(=O)N(Cc1ccc(Cl)cc1Cl)C(Cc1ccccc1)C(=O)NCC(C)C)S(C)(=O)=O. The van der Waals surface area contributed by atoms with Crippen LogP contribution in [0, 0.1) is 5.92 Å². The average Bonchev–Trinajstić information content (AvgIpc) is 2.96. The number of sulfonamides is 1. The molecule has 8 nitrogen and oxygen atoms in total. The molecule has 0 saturated heterocycles. The second kappa shape index (κ2) is 16.0. The van der Waals surface area contributed by atoms with Gasteiger partial charge < -0.3 is 15.0 Å². The number of amides is 2. The quantitative estimate of drug-likeness (QED) is 0.220. The smallest absolute Gasteiger partial charge is 0.243 e. The number of carbonyl (C=O) groups is 2. The van der Waals surface area contributed by atoms with Crippen LogP contribution in [0.3, 0.4) is 0 Å². The Hall–Kier alpha value is -3.27. The van der Waals surface area contributed by atoms with E-state index in [0.717, 1.165) is 11.8 Å². The van der Waals surface area contributed by atoms with Crippen molar-refractivity contribution >= 4 is 50.7 Å². The standard InChI is InChI=1S/C32H39Cl2N3O5S/c1-23(2)21-35-32(39)29(19-24-11-6-5-7-12-24)36(22-25-16-17-26(33)20-27(25)34)31(38)15-10-18-37(43(4,40)41)28-13-8-9-14-30(28)42-3/h5-9,11-14,16-17,20,23,29H,10,15,18-19,21-22H2,1-4H3,(H,35,39). The van der Waals surface area contributed by atoms with Gasteiger partial charge in [0.15, 0.2) is 0 Å². The van der Waals surface area contributed by atoms with Gasteiger partial charge in [0.05, 0.1) is 19.1 Å². The van der Waals surface area contributed by atoms with Crippen molar-refractivity contribution in [1.29, 1.82) is 0 Å². The van der Waals surface area contributed by atoms with Gasteiger partial charge in [0.1, 0.15) is 11.8 Å². The maximum Gasteiger partial charge on any atom is 0.243 e. The molecule has 0 aliphatic heterocycles. The highest BCUT2D eigenvalue weighted by Gasteiger charge is 2.31. The Bertz CT molecular complexity index is 1490. The molecular formula is C32H39Cl2N3O5S. The van der Waals surface area contributed by atoms with Gasteiger partial charge in [-0.05, 0) is 47.7 Å². The van der Waals surface area contributed by atoms with Gasteiger partial charge >= 0.3 is 0 Å². The van der Waals surface area contributed by atoms with Gasteiger partial charge in [-0.2, -0.15) is 0 Å². The number of rotatable bonds is 15. The molecule has 0 spiro atoms. The van der Waals surface area contributed by atoms with Crippen LogP contribution in [-0.2, 0) is 32.6 Å². The lowest BCUT2D eigenvalue weighted by molar-refractivity contribution is -0.141. The Morgan fingerprint density at radius 1 is 0.977 bits per heavy atom. The van der Waals surface area contributed by atoms with Crippen LogP contribution < -0.4 is 14.4 Å². The molecule has 2 amide bonds. The summed E-state index contributed by atoms with van der Waals surface area (Å²) in [6.07, 6.45) is 1.61. The number of nitrogens with one attached hydrogen (secondary N) is 1. The minimum Gasteiger partial charge on any atom is -0.495 e. The first-order chi connectivity index (χ1) is 20.4. The normalized spacial score (nSPS) is 12.1. The lowest BCUT2D eigenvalue weighted by Crippen LogP contribution is -2.51. The fraction of sp³-hybridized carbons (Fsp3) is 0.375. The lowest BCUT2D eigenvalue weighted by atomic mass is 10.0. The molecular weight excluding hydrogens is 609 g/mol. The zero-order chi connectivity index (χ0) is 31.6. The van der Waals surface area contributed by atoms with E-state index in [9.17, 15) is 18.0 Å². The van der Waals surface area contributed by atoms with E-state index in [1.807, 2.05) is 44.2 Å². The summed E-state index contributed by atoms with van der Waals surface area (Å²) in [5.41, 5.74) is 1.92. The van der Waals surface area contributed by atoms with E-state index in [1.54, 1.807) is 42.5 Å². The van der Waals surface area contributed by atoms with Crippen molar-refractivity contribution in [3.8, 4) is 5.75 Å². The molecule has 0 bridgehead atoms. The van der Waals surface area contributed by atoms with Gasteiger partial charge in [0, 0.05) is 42.5 Å². The maximum absolute atomic E-state index is 14.0. The van der Waals surface area contributed by atoms with Gasteiger partial charge in [0.25, 0.3) is 0 Å². The molecule has 1 N–H and O–H groups in total. The molecule has 0 saturated carbocycles. The van der Waals surface area contributed by atoms with Crippen molar-refractivity contribution in [2.45, 2.75) is 45.7 Å². The monoisotopic (exact) mass is 647 g/mol. The van der Waals surface area contributed by atoms with Crippen LogP contribution in [0.25, 0.3) is 0 Å². The zero-order valence-corrected chi connectivity index (χ0v) is 27.3. The van der Waals surface area contributed by atoms with Crippen LogP contribution in [0.1, 0.15) is 37.8 Å². The number of ether oxygens (including phenoxy) is 1. The molecule has 0 fully saturated rings. The molecule has 1 atom stereocenters. The number of carbonyl (C=O) groups excluding carboxylic acids is 2. The predicted molar refractivity (Wildman–Crippen MR) is 173 cm³/mol. The number of methoxy groups -OCH3 is 1. The van der Waals surface area contributed by atoms with Crippen LogP contribution in [-0.4, -0.2) is 57.6 Å². The molecule has 3 aromatic rings. The molecule has 0 radical (unpaired) electrons. The third-order valence-corrected chi connectivity index (χ3v) is 8.58. The summed E-state index contributed by atoms with van der Waals surface area (Å²) in [5, 5.41) is 3.83. The number of nitrogens with zero attached hydrogens (tertiary/aromatic N) is 2. The van der Waals surface area contributed by atoms with Crippen molar-refractivity contribution in [3.63, 3.8) is 0 Å². The van der Waals surface area contributed by atoms with Gasteiger partial charge in [0.2, 0.25) is 21.8 Å². The first-order valence-electron chi connectivity index (χ1n) is 14.1.